The Morgan fingerprint density at radius 1 is 1.33 bits per heavy atom. The SMILES string of the molecule is COC(=O)c1sc(C(C)(C)C)c(Br)c1NC(C)=O. The van der Waals surface area contributed by atoms with Gasteiger partial charge in [0.05, 0.1) is 17.3 Å². The van der Waals surface area contributed by atoms with E-state index in [0.717, 1.165) is 9.35 Å². The number of nitrogens with one attached hydrogen (secondary N) is 1. The fourth-order valence-electron chi connectivity index (χ4n) is 1.42. The summed E-state index contributed by atoms with van der Waals surface area (Å²) in [6.45, 7) is 7.54. The molecule has 0 saturated carbocycles. The summed E-state index contributed by atoms with van der Waals surface area (Å²) >= 11 is 4.78. The summed E-state index contributed by atoms with van der Waals surface area (Å²) in [6, 6.07) is 0. The summed E-state index contributed by atoms with van der Waals surface area (Å²) in [5.41, 5.74) is 0.368. The summed E-state index contributed by atoms with van der Waals surface area (Å²) in [6.07, 6.45) is 0. The van der Waals surface area contributed by atoms with E-state index >= 15 is 0 Å². The molecule has 0 bridgehead atoms. The third kappa shape index (κ3) is 3.11. The van der Waals surface area contributed by atoms with Crippen molar-refractivity contribution in [1.29, 1.82) is 0 Å². The van der Waals surface area contributed by atoms with Crippen molar-refractivity contribution in [3.63, 3.8) is 0 Å². The van der Waals surface area contributed by atoms with Crippen molar-refractivity contribution < 1.29 is 14.3 Å². The highest BCUT2D eigenvalue weighted by atomic mass is 79.9. The second-order valence-corrected chi connectivity index (χ2v) is 6.69. The minimum absolute atomic E-state index is 0.122. The number of halogens is 1. The van der Waals surface area contributed by atoms with Crippen molar-refractivity contribution in [3.05, 3.63) is 14.2 Å². The van der Waals surface area contributed by atoms with Gasteiger partial charge in [-0.3, -0.25) is 4.79 Å². The number of thiophene rings is 1. The van der Waals surface area contributed by atoms with Crippen LogP contribution in [0.1, 0.15) is 42.2 Å². The van der Waals surface area contributed by atoms with Crippen LogP contribution in [0, 0.1) is 0 Å². The Morgan fingerprint density at radius 2 is 1.89 bits per heavy atom. The van der Waals surface area contributed by atoms with Gasteiger partial charge < -0.3 is 10.1 Å². The molecule has 0 radical (unpaired) electrons. The van der Waals surface area contributed by atoms with Gasteiger partial charge in [0, 0.05) is 11.8 Å². The lowest BCUT2D eigenvalue weighted by Crippen LogP contribution is -2.11. The molecule has 0 fully saturated rings. The van der Waals surface area contributed by atoms with Gasteiger partial charge in [-0.25, -0.2) is 4.79 Å². The van der Waals surface area contributed by atoms with Crippen molar-refractivity contribution in [2.75, 3.05) is 12.4 Å². The molecular formula is C12H16BrNO3S. The van der Waals surface area contributed by atoms with Gasteiger partial charge in [0.25, 0.3) is 0 Å². The zero-order valence-electron chi connectivity index (χ0n) is 11.0. The van der Waals surface area contributed by atoms with Crippen LogP contribution in [-0.2, 0) is 14.9 Å². The zero-order valence-corrected chi connectivity index (χ0v) is 13.4. The highest BCUT2D eigenvalue weighted by Gasteiger charge is 2.28. The Labute approximate surface area is 119 Å². The first-order valence-electron chi connectivity index (χ1n) is 5.37. The van der Waals surface area contributed by atoms with Gasteiger partial charge in [-0.05, 0) is 21.3 Å². The molecule has 1 amide bonds. The molecule has 1 N–H and O–H groups in total. The molecule has 6 heteroatoms. The number of amides is 1. The largest absolute Gasteiger partial charge is 0.465 e. The van der Waals surface area contributed by atoms with Crippen molar-refractivity contribution >= 4 is 44.8 Å². The fourth-order valence-corrected chi connectivity index (χ4v) is 3.81. The highest BCUT2D eigenvalue weighted by Crippen LogP contribution is 2.44. The maximum absolute atomic E-state index is 11.7. The third-order valence-corrected chi connectivity index (χ3v) is 4.85. The maximum atomic E-state index is 11.7. The van der Waals surface area contributed by atoms with Gasteiger partial charge in [0.1, 0.15) is 4.88 Å². The van der Waals surface area contributed by atoms with E-state index in [9.17, 15) is 9.59 Å². The minimum Gasteiger partial charge on any atom is -0.465 e. The summed E-state index contributed by atoms with van der Waals surface area (Å²) in [7, 11) is 1.32. The summed E-state index contributed by atoms with van der Waals surface area (Å²) in [5.74, 6) is -0.668. The number of rotatable bonds is 2. The maximum Gasteiger partial charge on any atom is 0.350 e. The molecule has 1 rings (SSSR count). The fraction of sp³-hybridized carbons (Fsp3) is 0.500. The van der Waals surface area contributed by atoms with E-state index in [0.29, 0.717) is 10.6 Å². The first-order chi connectivity index (χ1) is 8.18. The number of esters is 1. The minimum atomic E-state index is -0.444. The Kier molecular flexibility index (Phi) is 4.55. The smallest absolute Gasteiger partial charge is 0.350 e. The number of hydrogen-bond acceptors (Lipinski definition) is 4. The van der Waals surface area contributed by atoms with Crippen LogP contribution in [0.2, 0.25) is 0 Å². The van der Waals surface area contributed by atoms with Crippen LogP contribution in [0.4, 0.5) is 5.69 Å². The monoisotopic (exact) mass is 333 g/mol. The number of methoxy groups -OCH3 is 1. The number of ether oxygens (including phenoxy) is 1. The van der Waals surface area contributed by atoms with Gasteiger partial charge in [-0.2, -0.15) is 0 Å². The summed E-state index contributed by atoms with van der Waals surface area (Å²) in [5, 5.41) is 2.67. The number of carbonyl (C=O) groups is 2. The average Bonchev–Trinajstić information content (AvgIpc) is 2.54. The van der Waals surface area contributed by atoms with Gasteiger partial charge in [0.2, 0.25) is 5.91 Å². The van der Waals surface area contributed by atoms with E-state index in [2.05, 4.69) is 21.2 Å². The van der Waals surface area contributed by atoms with Crippen LogP contribution in [-0.4, -0.2) is 19.0 Å². The van der Waals surface area contributed by atoms with Crippen molar-refractivity contribution in [3.8, 4) is 0 Å². The van der Waals surface area contributed by atoms with Crippen LogP contribution in [0.25, 0.3) is 0 Å². The first kappa shape index (κ1) is 15.2. The lowest BCUT2D eigenvalue weighted by molar-refractivity contribution is -0.114. The zero-order chi connectivity index (χ0) is 14.1. The van der Waals surface area contributed by atoms with Crippen LogP contribution in [0.5, 0.6) is 0 Å². The molecule has 1 aromatic heterocycles. The molecule has 0 aliphatic heterocycles. The molecule has 0 atom stereocenters. The predicted octanol–water partition coefficient (Wildman–Crippen LogP) is 3.55. The van der Waals surface area contributed by atoms with Crippen LogP contribution >= 0.6 is 27.3 Å². The van der Waals surface area contributed by atoms with Crippen LogP contribution < -0.4 is 5.32 Å². The molecule has 0 aromatic carbocycles. The van der Waals surface area contributed by atoms with Crippen LogP contribution in [0.3, 0.4) is 0 Å². The molecule has 1 heterocycles. The van der Waals surface area contributed by atoms with E-state index in [1.54, 1.807) is 0 Å². The van der Waals surface area contributed by atoms with Crippen molar-refractivity contribution in [2.24, 2.45) is 0 Å². The molecule has 0 saturated heterocycles. The molecule has 100 valence electrons. The van der Waals surface area contributed by atoms with E-state index in [1.165, 1.54) is 25.4 Å². The molecule has 0 aliphatic carbocycles. The molecule has 0 unspecified atom stereocenters. The molecule has 0 spiro atoms. The lowest BCUT2D eigenvalue weighted by Gasteiger charge is -2.16. The lowest BCUT2D eigenvalue weighted by atomic mass is 9.94. The van der Waals surface area contributed by atoms with Crippen molar-refractivity contribution in [1.82, 2.24) is 0 Å². The van der Waals surface area contributed by atoms with E-state index in [1.807, 2.05) is 20.8 Å². The second-order valence-electron chi connectivity index (χ2n) is 4.87. The highest BCUT2D eigenvalue weighted by molar-refractivity contribution is 9.10. The standard InChI is InChI=1S/C12H16BrNO3S/c1-6(15)14-8-7(13)10(12(2,3)4)18-9(8)11(16)17-5/h1-5H3,(H,14,15). The van der Waals surface area contributed by atoms with Crippen molar-refractivity contribution in [2.45, 2.75) is 33.1 Å². The number of carbonyl (C=O) groups excluding carboxylic acids is 2. The predicted molar refractivity (Wildman–Crippen MR) is 76.4 cm³/mol. The van der Waals surface area contributed by atoms with Gasteiger partial charge in [-0.15, -0.1) is 11.3 Å². The molecule has 18 heavy (non-hydrogen) atoms. The summed E-state index contributed by atoms with van der Waals surface area (Å²) in [4.78, 5) is 24.3. The van der Waals surface area contributed by atoms with E-state index in [-0.39, 0.29) is 11.3 Å². The third-order valence-electron chi connectivity index (χ3n) is 2.20. The van der Waals surface area contributed by atoms with Gasteiger partial charge >= 0.3 is 5.97 Å². The summed E-state index contributed by atoms with van der Waals surface area (Å²) < 4.78 is 5.48. The Morgan fingerprint density at radius 3 is 2.28 bits per heavy atom. The normalized spacial score (nSPS) is 11.2. The quantitative estimate of drug-likeness (QED) is 0.842. The Bertz CT molecular complexity index is 488. The van der Waals surface area contributed by atoms with Gasteiger partial charge in [0.15, 0.2) is 0 Å². The van der Waals surface area contributed by atoms with E-state index < -0.39 is 5.97 Å². The Hall–Kier alpha value is -0.880. The second kappa shape index (κ2) is 5.40. The van der Waals surface area contributed by atoms with E-state index in [4.69, 9.17) is 4.74 Å². The topological polar surface area (TPSA) is 55.4 Å². The average molecular weight is 334 g/mol. The first-order valence-corrected chi connectivity index (χ1v) is 6.98. The van der Waals surface area contributed by atoms with Crippen LogP contribution in [0.15, 0.2) is 4.47 Å². The number of anilines is 1. The molecular weight excluding hydrogens is 318 g/mol. The molecule has 4 nitrogen and oxygen atoms in total. The Balaban J connectivity index is 3.41. The van der Waals surface area contributed by atoms with Gasteiger partial charge in [-0.1, -0.05) is 20.8 Å². The molecule has 0 aliphatic rings. The number of hydrogen-bond donors (Lipinski definition) is 1. The molecule has 1 aromatic rings.